The zero-order valence-corrected chi connectivity index (χ0v) is 12.3. The van der Waals surface area contributed by atoms with Crippen LogP contribution in [-0.4, -0.2) is 31.9 Å². The third-order valence-corrected chi connectivity index (χ3v) is 5.43. The summed E-state index contributed by atoms with van der Waals surface area (Å²) in [5.41, 5.74) is 3.05. The van der Waals surface area contributed by atoms with Crippen molar-refractivity contribution in [3.63, 3.8) is 0 Å². The molecule has 2 rings (SSSR count). The van der Waals surface area contributed by atoms with Crippen LogP contribution in [0.15, 0.2) is 18.2 Å². The van der Waals surface area contributed by atoms with Gasteiger partial charge in [0.2, 0.25) is 5.91 Å². The molecular formula is C14H19NO3S. The molecule has 0 bridgehead atoms. The molecule has 1 saturated heterocycles. The van der Waals surface area contributed by atoms with Gasteiger partial charge in [0.05, 0.1) is 17.5 Å². The maximum absolute atomic E-state index is 11.9. The van der Waals surface area contributed by atoms with E-state index in [-0.39, 0.29) is 23.5 Å². The third-order valence-electron chi connectivity index (χ3n) is 3.68. The van der Waals surface area contributed by atoms with Crippen LogP contribution in [0, 0.1) is 13.8 Å². The van der Waals surface area contributed by atoms with Crippen LogP contribution in [0.25, 0.3) is 0 Å². The first-order valence-corrected chi connectivity index (χ1v) is 8.20. The second-order valence-electron chi connectivity index (χ2n) is 5.21. The van der Waals surface area contributed by atoms with Gasteiger partial charge in [0.1, 0.15) is 0 Å². The molecule has 0 saturated carbocycles. The van der Waals surface area contributed by atoms with Gasteiger partial charge in [0.25, 0.3) is 0 Å². The predicted octanol–water partition coefficient (Wildman–Crippen LogP) is 1.84. The number of nitrogens with zero attached hydrogens (tertiary/aromatic N) is 1. The maximum Gasteiger partial charge on any atom is 0.224 e. The van der Waals surface area contributed by atoms with Gasteiger partial charge in [0.15, 0.2) is 9.84 Å². The number of sulfone groups is 1. The minimum Gasteiger partial charge on any atom is -0.309 e. The van der Waals surface area contributed by atoms with Gasteiger partial charge in [-0.05, 0) is 43.5 Å². The van der Waals surface area contributed by atoms with Gasteiger partial charge in [-0.1, -0.05) is 6.07 Å². The number of benzene rings is 1. The number of hydrogen-bond acceptors (Lipinski definition) is 3. The summed E-state index contributed by atoms with van der Waals surface area (Å²) in [7, 11) is -2.99. The summed E-state index contributed by atoms with van der Waals surface area (Å²) in [6.07, 6.45) is 0.523. The van der Waals surface area contributed by atoms with Crippen molar-refractivity contribution < 1.29 is 13.2 Å². The van der Waals surface area contributed by atoms with Crippen molar-refractivity contribution in [1.29, 1.82) is 0 Å². The highest BCUT2D eigenvalue weighted by Gasteiger charge is 2.34. The summed E-state index contributed by atoms with van der Waals surface area (Å²) in [6.45, 7) is 5.49. The van der Waals surface area contributed by atoms with Crippen LogP contribution in [0.4, 0.5) is 5.69 Å². The van der Waals surface area contributed by atoms with Crippen LogP contribution in [0.5, 0.6) is 0 Å². The van der Waals surface area contributed by atoms with Crippen molar-refractivity contribution in [1.82, 2.24) is 0 Å². The van der Waals surface area contributed by atoms with Crippen LogP contribution < -0.4 is 4.90 Å². The van der Waals surface area contributed by atoms with Crippen LogP contribution in [0.1, 0.15) is 24.5 Å². The van der Waals surface area contributed by atoms with Gasteiger partial charge in [0, 0.05) is 12.6 Å². The first-order chi connectivity index (χ1) is 8.80. The van der Waals surface area contributed by atoms with E-state index in [9.17, 15) is 13.2 Å². The van der Waals surface area contributed by atoms with Crippen LogP contribution in [-0.2, 0) is 14.6 Å². The Morgan fingerprint density at radius 2 is 1.95 bits per heavy atom. The van der Waals surface area contributed by atoms with Crippen molar-refractivity contribution in [2.75, 3.05) is 16.4 Å². The van der Waals surface area contributed by atoms with Crippen molar-refractivity contribution in [2.24, 2.45) is 0 Å². The van der Waals surface area contributed by atoms with Gasteiger partial charge in [-0.2, -0.15) is 0 Å². The molecule has 1 aliphatic rings. The molecule has 4 nitrogen and oxygen atoms in total. The molecule has 19 heavy (non-hydrogen) atoms. The van der Waals surface area contributed by atoms with Crippen molar-refractivity contribution in [3.8, 4) is 0 Å². The normalized spacial score (nSPS) is 21.3. The zero-order chi connectivity index (χ0) is 14.2. The molecule has 1 atom stereocenters. The fourth-order valence-corrected chi connectivity index (χ4v) is 4.20. The van der Waals surface area contributed by atoms with E-state index >= 15 is 0 Å². The minimum atomic E-state index is -2.99. The van der Waals surface area contributed by atoms with E-state index in [4.69, 9.17) is 0 Å². The Bertz CT molecular complexity index is 607. The van der Waals surface area contributed by atoms with E-state index in [0.717, 1.165) is 16.8 Å². The number of amides is 1. The smallest absolute Gasteiger partial charge is 0.224 e. The molecule has 1 aliphatic heterocycles. The molecule has 0 aromatic heterocycles. The van der Waals surface area contributed by atoms with Gasteiger partial charge < -0.3 is 4.90 Å². The second-order valence-corrected chi connectivity index (χ2v) is 7.44. The van der Waals surface area contributed by atoms with Gasteiger partial charge in [-0.25, -0.2) is 8.42 Å². The molecule has 1 aromatic rings. The number of anilines is 1. The molecule has 0 spiro atoms. The van der Waals surface area contributed by atoms with Crippen molar-refractivity contribution in [2.45, 2.75) is 33.2 Å². The summed E-state index contributed by atoms with van der Waals surface area (Å²) >= 11 is 0. The summed E-state index contributed by atoms with van der Waals surface area (Å²) in [4.78, 5) is 13.5. The molecule has 1 aromatic carbocycles. The van der Waals surface area contributed by atoms with Crippen LogP contribution in [0.3, 0.4) is 0 Å². The SMILES string of the molecule is CC(=O)N(c1ccc(C)c(C)c1)[C@@H]1CCS(=O)(=O)C1. The van der Waals surface area contributed by atoms with Gasteiger partial charge in [-0.15, -0.1) is 0 Å². The summed E-state index contributed by atoms with van der Waals surface area (Å²) < 4.78 is 23.2. The average Bonchev–Trinajstić information content (AvgIpc) is 2.64. The largest absolute Gasteiger partial charge is 0.309 e. The van der Waals surface area contributed by atoms with E-state index in [1.807, 2.05) is 32.0 Å². The van der Waals surface area contributed by atoms with Crippen molar-refractivity contribution >= 4 is 21.4 Å². The fourth-order valence-electron chi connectivity index (χ4n) is 2.50. The Kier molecular flexibility index (Phi) is 3.67. The predicted molar refractivity (Wildman–Crippen MR) is 76.1 cm³/mol. The number of rotatable bonds is 2. The van der Waals surface area contributed by atoms with E-state index in [0.29, 0.717) is 6.42 Å². The lowest BCUT2D eigenvalue weighted by Crippen LogP contribution is -2.40. The molecule has 5 heteroatoms. The van der Waals surface area contributed by atoms with Gasteiger partial charge in [-0.3, -0.25) is 4.79 Å². The molecule has 0 radical (unpaired) electrons. The van der Waals surface area contributed by atoms with Crippen LogP contribution >= 0.6 is 0 Å². The first kappa shape index (κ1) is 14.1. The Morgan fingerprint density at radius 3 is 2.42 bits per heavy atom. The quantitative estimate of drug-likeness (QED) is 0.831. The second kappa shape index (κ2) is 4.96. The van der Waals surface area contributed by atoms with E-state index in [1.165, 1.54) is 6.92 Å². The van der Waals surface area contributed by atoms with Gasteiger partial charge >= 0.3 is 0 Å². The van der Waals surface area contributed by atoms with E-state index in [2.05, 4.69) is 0 Å². The van der Waals surface area contributed by atoms with Crippen LogP contribution in [0.2, 0.25) is 0 Å². The van der Waals surface area contributed by atoms with E-state index in [1.54, 1.807) is 4.90 Å². The summed E-state index contributed by atoms with van der Waals surface area (Å²) in [5.74, 6) is 0.136. The highest BCUT2D eigenvalue weighted by Crippen LogP contribution is 2.26. The Balaban J connectivity index is 2.36. The Hall–Kier alpha value is -1.36. The molecular weight excluding hydrogens is 262 g/mol. The molecule has 1 heterocycles. The third kappa shape index (κ3) is 2.97. The standard InChI is InChI=1S/C14H19NO3S/c1-10-4-5-13(8-11(10)2)15(12(3)16)14-6-7-19(17,18)9-14/h4-5,8,14H,6-7,9H2,1-3H3/t14-/m1/s1. The highest BCUT2D eigenvalue weighted by atomic mass is 32.2. The first-order valence-electron chi connectivity index (χ1n) is 6.37. The lowest BCUT2D eigenvalue weighted by Gasteiger charge is -2.27. The lowest BCUT2D eigenvalue weighted by molar-refractivity contribution is -0.116. The number of hydrogen-bond donors (Lipinski definition) is 0. The molecule has 0 unspecified atom stereocenters. The molecule has 1 amide bonds. The lowest BCUT2D eigenvalue weighted by atomic mass is 10.1. The van der Waals surface area contributed by atoms with E-state index < -0.39 is 9.84 Å². The molecule has 0 N–H and O–H groups in total. The number of aryl methyl sites for hydroxylation is 2. The zero-order valence-electron chi connectivity index (χ0n) is 11.5. The minimum absolute atomic E-state index is 0.0690. The molecule has 1 fully saturated rings. The molecule has 0 aliphatic carbocycles. The molecule has 104 valence electrons. The maximum atomic E-state index is 11.9. The topological polar surface area (TPSA) is 54.5 Å². The summed E-state index contributed by atoms with van der Waals surface area (Å²) in [5, 5.41) is 0. The Labute approximate surface area is 114 Å². The highest BCUT2D eigenvalue weighted by molar-refractivity contribution is 7.91. The monoisotopic (exact) mass is 281 g/mol. The summed E-state index contributed by atoms with van der Waals surface area (Å²) in [6, 6.07) is 5.56. The number of carbonyl (C=O) groups excluding carboxylic acids is 1. The fraction of sp³-hybridized carbons (Fsp3) is 0.500. The Morgan fingerprint density at radius 1 is 1.26 bits per heavy atom. The van der Waals surface area contributed by atoms with Crippen molar-refractivity contribution in [3.05, 3.63) is 29.3 Å². The number of carbonyl (C=O) groups is 1. The average molecular weight is 281 g/mol.